The number of esters is 1. The summed E-state index contributed by atoms with van der Waals surface area (Å²) in [7, 11) is 0. The number of carbonyl (C=O) groups is 1. The smallest absolute Gasteiger partial charge is 0.306 e. The van der Waals surface area contributed by atoms with Crippen molar-refractivity contribution in [1.82, 2.24) is 0 Å². The van der Waals surface area contributed by atoms with Gasteiger partial charge in [0.25, 0.3) is 0 Å². The first-order chi connectivity index (χ1) is 7.54. The number of ether oxygens (including phenoxy) is 1. The van der Waals surface area contributed by atoms with Crippen LogP contribution >= 0.6 is 0 Å². The number of carbonyl (C=O) groups excluding carboxylic acids is 1. The monoisotopic (exact) mass is 228 g/mol. The van der Waals surface area contributed by atoms with Crippen molar-refractivity contribution < 1.29 is 14.6 Å². The van der Waals surface area contributed by atoms with E-state index >= 15 is 0 Å². The van der Waals surface area contributed by atoms with E-state index in [1.54, 1.807) is 0 Å². The highest BCUT2D eigenvalue weighted by Gasteiger charge is 2.45. The van der Waals surface area contributed by atoms with Gasteiger partial charge in [0, 0.05) is 12.8 Å². The van der Waals surface area contributed by atoms with Gasteiger partial charge >= 0.3 is 5.97 Å². The summed E-state index contributed by atoms with van der Waals surface area (Å²) in [5.74, 6) is 0.196. The Morgan fingerprint density at radius 2 is 2.25 bits per heavy atom. The van der Waals surface area contributed by atoms with Crippen LogP contribution in [0, 0.1) is 5.92 Å². The molecule has 3 unspecified atom stereocenters. The van der Waals surface area contributed by atoms with Gasteiger partial charge < -0.3 is 9.84 Å². The van der Waals surface area contributed by atoms with Crippen molar-refractivity contribution >= 4 is 5.97 Å². The maximum atomic E-state index is 11.5. The molecule has 0 spiro atoms. The van der Waals surface area contributed by atoms with Gasteiger partial charge in [0.1, 0.15) is 5.60 Å². The maximum absolute atomic E-state index is 11.5. The molecule has 1 N–H and O–H groups in total. The molecule has 0 aromatic rings. The molecule has 16 heavy (non-hydrogen) atoms. The second-order valence-electron chi connectivity index (χ2n) is 4.98. The molecule has 0 bridgehead atoms. The molecule has 1 fully saturated rings. The summed E-state index contributed by atoms with van der Waals surface area (Å²) < 4.78 is 5.63. The van der Waals surface area contributed by atoms with Crippen molar-refractivity contribution in [2.24, 2.45) is 5.92 Å². The molecule has 3 atom stereocenters. The molecule has 3 nitrogen and oxygen atoms in total. The lowest BCUT2D eigenvalue weighted by atomic mass is 9.83. The molecule has 1 aliphatic rings. The van der Waals surface area contributed by atoms with Crippen molar-refractivity contribution in [3.8, 4) is 0 Å². The molecular weight excluding hydrogens is 204 g/mol. The molecule has 1 rings (SSSR count). The van der Waals surface area contributed by atoms with E-state index in [0.29, 0.717) is 18.8 Å². The normalized spacial score (nSPS) is 31.4. The van der Waals surface area contributed by atoms with Crippen LogP contribution in [-0.2, 0) is 9.53 Å². The Morgan fingerprint density at radius 3 is 2.69 bits per heavy atom. The fraction of sp³-hybridized carbons (Fsp3) is 0.923. The van der Waals surface area contributed by atoms with Crippen LogP contribution in [0.5, 0.6) is 0 Å². The minimum atomic E-state index is -0.400. The van der Waals surface area contributed by atoms with Gasteiger partial charge in [-0.3, -0.25) is 4.79 Å². The van der Waals surface area contributed by atoms with E-state index in [-0.39, 0.29) is 12.1 Å². The van der Waals surface area contributed by atoms with Gasteiger partial charge in [-0.25, -0.2) is 0 Å². The highest BCUT2D eigenvalue weighted by atomic mass is 16.6. The SMILES string of the molecule is CCCC(C)C1(OC(=O)CC)CCC(O)C1. The van der Waals surface area contributed by atoms with E-state index in [4.69, 9.17) is 4.74 Å². The lowest BCUT2D eigenvalue weighted by Gasteiger charge is -2.35. The predicted molar refractivity (Wildman–Crippen MR) is 63.0 cm³/mol. The van der Waals surface area contributed by atoms with Gasteiger partial charge in [0.05, 0.1) is 6.10 Å². The first-order valence-electron chi connectivity index (χ1n) is 6.44. The van der Waals surface area contributed by atoms with Crippen LogP contribution in [0.2, 0.25) is 0 Å². The zero-order chi connectivity index (χ0) is 12.2. The van der Waals surface area contributed by atoms with Crippen LogP contribution < -0.4 is 0 Å². The van der Waals surface area contributed by atoms with Crippen molar-refractivity contribution in [2.45, 2.75) is 71.0 Å². The summed E-state index contributed by atoms with van der Waals surface area (Å²) in [5, 5.41) is 9.68. The first-order valence-corrected chi connectivity index (χ1v) is 6.44. The fourth-order valence-electron chi connectivity index (χ4n) is 2.65. The minimum absolute atomic E-state index is 0.142. The standard InChI is InChI=1S/C13H24O3/c1-4-6-10(3)13(16-12(15)5-2)8-7-11(14)9-13/h10-11,14H,4-9H2,1-3H3. The second kappa shape index (κ2) is 5.67. The summed E-state index contributed by atoms with van der Waals surface area (Å²) in [6.45, 7) is 6.08. The average Bonchev–Trinajstić information content (AvgIpc) is 2.61. The van der Waals surface area contributed by atoms with Crippen LogP contribution in [0.1, 0.15) is 59.3 Å². The van der Waals surface area contributed by atoms with Gasteiger partial charge in [-0.05, 0) is 25.2 Å². The van der Waals surface area contributed by atoms with Crippen LogP contribution in [-0.4, -0.2) is 22.8 Å². The van der Waals surface area contributed by atoms with Crippen molar-refractivity contribution in [2.75, 3.05) is 0 Å². The van der Waals surface area contributed by atoms with Gasteiger partial charge in [-0.15, -0.1) is 0 Å². The van der Waals surface area contributed by atoms with Gasteiger partial charge in [0.15, 0.2) is 0 Å². The van der Waals surface area contributed by atoms with Crippen LogP contribution in [0.3, 0.4) is 0 Å². The van der Waals surface area contributed by atoms with E-state index in [9.17, 15) is 9.90 Å². The molecule has 0 saturated heterocycles. The van der Waals surface area contributed by atoms with Gasteiger partial charge in [0.2, 0.25) is 0 Å². The molecule has 1 saturated carbocycles. The molecule has 0 aliphatic heterocycles. The molecule has 1 aliphatic carbocycles. The Kier molecular flexibility index (Phi) is 4.78. The fourth-order valence-corrected chi connectivity index (χ4v) is 2.65. The summed E-state index contributed by atoms with van der Waals surface area (Å²) >= 11 is 0. The first kappa shape index (κ1) is 13.5. The molecule has 94 valence electrons. The number of rotatable bonds is 5. The molecule has 0 heterocycles. The molecule has 0 aromatic carbocycles. The zero-order valence-electron chi connectivity index (χ0n) is 10.7. The number of hydrogen-bond donors (Lipinski definition) is 1. The van der Waals surface area contributed by atoms with E-state index in [2.05, 4.69) is 13.8 Å². The Balaban J connectivity index is 2.72. The Morgan fingerprint density at radius 1 is 1.56 bits per heavy atom. The summed E-state index contributed by atoms with van der Waals surface area (Å²) in [6, 6.07) is 0. The van der Waals surface area contributed by atoms with Crippen LogP contribution in [0.15, 0.2) is 0 Å². The molecule has 3 heteroatoms. The van der Waals surface area contributed by atoms with E-state index < -0.39 is 5.60 Å². The second-order valence-corrected chi connectivity index (χ2v) is 4.98. The van der Waals surface area contributed by atoms with Crippen molar-refractivity contribution in [1.29, 1.82) is 0 Å². The summed E-state index contributed by atoms with van der Waals surface area (Å²) in [6.07, 6.45) is 4.42. The summed E-state index contributed by atoms with van der Waals surface area (Å²) in [4.78, 5) is 11.5. The minimum Gasteiger partial charge on any atom is -0.459 e. The largest absolute Gasteiger partial charge is 0.459 e. The van der Waals surface area contributed by atoms with Crippen molar-refractivity contribution in [3.63, 3.8) is 0 Å². The van der Waals surface area contributed by atoms with Gasteiger partial charge in [-0.2, -0.15) is 0 Å². The maximum Gasteiger partial charge on any atom is 0.306 e. The quantitative estimate of drug-likeness (QED) is 0.736. The van der Waals surface area contributed by atoms with E-state index in [1.165, 1.54) is 0 Å². The van der Waals surface area contributed by atoms with Crippen LogP contribution in [0.4, 0.5) is 0 Å². The Bertz CT molecular complexity index is 239. The van der Waals surface area contributed by atoms with E-state index in [0.717, 1.165) is 25.7 Å². The lowest BCUT2D eigenvalue weighted by molar-refractivity contribution is -0.165. The summed E-state index contributed by atoms with van der Waals surface area (Å²) in [5.41, 5.74) is -0.400. The number of aliphatic hydroxyl groups is 1. The third-order valence-electron chi connectivity index (χ3n) is 3.71. The molecule has 0 amide bonds. The Labute approximate surface area is 98.2 Å². The average molecular weight is 228 g/mol. The highest BCUT2D eigenvalue weighted by Crippen LogP contribution is 2.41. The topological polar surface area (TPSA) is 46.5 Å². The van der Waals surface area contributed by atoms with E-state index in [1.807, 2.05) is 6.92 Å². The zero-order valence-corrected chi connectivity index (χ0v) is 10.7. The lowest BCUT2D eigenvalue weighted by Crippen LogP contribution is -2.39. The molecule has 0 radical (unpaired) electrons. The third-order valence-corrected chi connectivity index (χ3v) is 3.71. The number of hydrogen-bond acceptors (Lipinski definition) is 3. The predicted octanol–water partition coefficient (Wildman–Crippen LogP) is 2.66. The van der Waals surface area contributed by atoms with Crippen LogP contribution in [0.25, 0.3) is 0 Å². The van der Waals surface area contributed by atoms with Gasteiger partial charge in [-0.1, -0.05) is 27.2 Å². The molecular formula is C13H24O3. The molecule has 0 aromatic heterocycles. The highest BCUT2D eigenvalue weighted by molar-refractivity contribution is 5.69. The number of aliphatic hydroxyl groups excluding tert-OH is 1. The third kappa shape index (κ3) is 2.97. The Hall–Kier alpha value is -0.570. The van der Waals surface area contributed by atoms with Crippen molar-refractivity contribution in [3.05, 3.63) is 0 Å².